The highest BCUT2D eigenvalue weighted by atomic mass is 16.3. The second-order valence-corrected chi connectivity index (χ2v) is 6.45. The molecule has 2 unspecified atom stereocenters. The van der Waals surface area contributed by atoms with Gasteiger partial charge in [-0.3, -0.25) is 4.90 Å². The standard InChI is InChI=1S/C17H28N2O/c1-3-18-11-15-10-16(20-13(15)2)12-19-9-5-7-14-6-4-8-17(14)19/h10,14,17-18H,3-9,11-12H2,1-2H3. The Kier molecular flexibility index (Phi) is 4.47. The van der Waals surface area contributed by atoms with Crippen molar-refractivity contribution in [1.82, 2.24) is 10.2 Å². The minimum atomic E-state index is 0.825. The van der Waals surface area contributed by atoms with Crippen LogP contribution in [0, 0.1) is 12.8 Å². The lowest BCUT2D eigenvalue weighted by Gasteiger charge is -2.37. The molecule has 1 aromatic rings. The Labute approximate surface area is 122 Å². The smallest absolute Gasteiger partial charge is 0.118 e. The van der Waals surface area contributed by atoms with Crippen LogP contribution in [0.3, 0.4) is 0 Å². The van der Waals surface area contributed by atoms with Crippen LogP contribution in [0.15, 0.2) is 10.5 Å². The maximum absolute atomic E-state index is 5.98. The number of rotatable bonds is 5. The van der Waals surface area contributed by atoms with Gasteiger partial charge in [0.1, 0.15) is 11.5 Å². The summed E-state index contributed by atoms with van der Waals surface area (Å²) in [5.74, 6) is 3.20. The molecular weight excluding hydrogens is 248 g/mol. The van der Waals surface area contributed by atoms with Crippen LogP contribution in [0.4, 0.5) is 0 Å². The van der Waals surface area contributed by atoms with Crippen LogP contribution < -0.4 is 5.32 Å². The Balaban J connectivity index is 1.64. The molecule has 1 aliphatic carbocycles. The van der Waals surface area contributed by atoms with Gasteiger partial charge in [-0.25, -0.2) is 0 Å². The van der Waals surface area contributed by atoms with Crippen LogP contribution in [-0.4, -0.2) is 24.0 Å². The number of aryl methyl sites for hydroxylation is 1. The fourth-order valence-corrected chi connectivity index (χ4v) is 4.05. The van der Waals surface area contributed by atoms with E-state index in [0.29, 0.717) is 0 Å². The van der Waals surface area contributed by atoms with Gasteiger partial charge in [-0.1, -0.05) is 13.3 Å². The summed E-state index contributed by atoms with van der Waals surface area (Å²) in [7, 11) is 0. The fourth-order valence-electron chi connectivity index (χ4n) is 4.05. The highest BCUT2D eigenvalue weighted by Crippen LogP contribution is 2.37. The molecule has 3 heteroatoms. The Morgan fingerprint density at radius 1 is 1.30 bits per heavy atom. The van der Waals surface area contributed by atoms with Gasteiger partial charge in [-0.2, -0.15) is 0 Å². The molecule has 112 valence electrons. The maximum atomic E-state index is 5.98. The molecule has 2 fully saturated rings. The summed E-state index contributed by atoms with van der Waals surface area (Å²) < 4.78 is 5.98. The minimum absolute atomic E-state index is 0.825. The summed E-state index contributed by atoms with van der Waals surface area (Å²) in [6.07, 6.45) is 7.09. The van der Waals surface area contributed by atoms with Crippen LogP contribution in [0.2, 0.25) is 0 Å². The number of hydrogen-bond donors (Lipinski definition) is 1. The monoisotopic (exact) mass is 276 g/mol. The van der Waals surface area contributed by atoms with Crippen molar-refractivity contribution in [2.24, 2.45) is 5.92 Å². The zero-order valence-corrected chi connectivity index (χ0v) is 13.0. The number of nitrogens with zero attached hydrogens (tertiary/aromatic N) is 1. The van der Waals surface area contributed by atoms with E-state index >= 15 is 0 Å². The average molecular weight is 276 g/mol. The van der Waals surface area contributed by atoms with E-state index in [0.717, 1.165) is 43.1 Å². The van der Waals surface area contributed by atoms with E-state index in [1.54, 1.807) is 0 Å². The number of likely N-dealkylation sites (tertiary alicyclic amines) is 1. The molecule has 1 N–H and O–H groups in total. The molecular formula is C17H28N2O. The van der Waals surface area contributed by atoms with E-state index in [1.807, 2.05) is 0 Å². The first-order chi connectivity index (χ1) is 9.78. The Bertz CT molecular complexity index is 440. The first-order valence-corrected chi connectivity index (χ1v) is 8.31. The van der Waals surface area contributed by atoms with Crippen LogP contribution in [0.25, 0.3) is 0 Å². The van der Waals surface area contributed by atoms with Gasteiger partial charge in [0.25, 0.3) is 0 Å². The third kappa shape index (κ3) is 2.94. The van der Waals surface area contributed by atoms with Crippen molar-refractivity contribution in [2.45, 2.75) is 65.1 Å². The molecule has 0 amide bonds. The van der Waals surface area contributed by atoms with E-state index in [1.165, 1.54) is 44.2 Å². The van der Waals surface area contributed by atoms with Crippen molar-refractivity contribution in [3.8, 4) is 0 Å². The summed E-state index contributed by atoms with van der Waals surface area (Å²) in [5, 5.41) is 3.39. The van der Waals surface area contributed by atoms with Crippen molar-refractivity contribution >= 4 is 0 Å². The van der Waals surface area contributed by atoms with Crippen molar-refractivity contribution in [3.63, 3.8) is 0 Å². The average Bonchev–Trinajstić information content (AvgIpc) is 3.04. The maximum Gasteiger partial charge on any atom is 0.118 e. The molecule has 2 atom stereocenters. The fraction of sp³-hybridized carbons (Fsp3) is 0.765. The van der Waals surface area contributed by atoms with Crippen molar-refractivity contribution < 1.29 is 4.42 Å². The molecule has 0 aromatic carbocycles. The minimum Gasteiger partial charge on any atom is -0.465 e. The van der Waals surface area contributed by atoms with Crippen molar-refractivity contribution in [2.75, 3.05) is 13.1 Å². The Hall–Kier alpha value is -0.800. The lowest BCUT2D eigenvalue weighted by atomic mass is 9.92. The van der Waals surface area contributed by atoms with Crippen LogP contribution in [-0.2, 0) is 13.1 Å². The predicted octanol–water partition coefficient (Wildman–Crippen LogP) is 3.46. The molecule has 1 saturated carbocycles. The number of furan rings is 1. The van der Waals surface area contributed by atoms with Gasteiger partial charge in [-0.05, 0) is 57.7 Å². The third-order valence-electron chi connectivity index (χ3n) is 5.10. The molecule has 0 spiro atoms. The number of hydrogen-bond acceptors (Lipinski definition) is 3. The van der Waals surface area contributed by atoms with Gasteiger partial charge in [0.2, 0.25) is 0 Å². The lowest BCUT2D eigenvalue weighted by Crippen LogP contribution is -2.41. The van der Waals surface area contributed by atoms with Crippen LogP contribution >= 0.6 is 0 Å². The van der Waals surface area contributed by atoms with Crippen molar-refractivity contribution in [3.05, 3.63) is 23.2 Å². The summed E-state index contributed by atoms with van der Waals surface area (Å²) in [5.41, 5.74) is 1.32. The summed E-state index contributed by atoms with van der Waals surface area (Å²) in [4.78, 5) is 2.68. The molecule has 0 radical (unpaired) electrons. The Morgan fingerprint density at radius 3 is 3.00 bits per heavy atom. The van der Waals surface area contributed by atoms with Crippen LogP contribution in [0.1, 0.15) is 56.1 Å². The summed E-state index contributed by atoms with van der Waals surface area (Å²) in [6, 6.07) is 3.09. The molecule has 20 heavy (non-hydrogen) atoms. The van der Waals surface area contributed by atoms with E-state index in [9.17, 15) is 0 Å². The first-order valence-electron chi connectivity index (χ1n) is 8.31. The molecule has 1 aromatic heterocycles. The molecule has 2 aliphatic rings. The highest BCUT2D eigenvalue weighted by molar-refractivity contribution is 5.20. The predicted molar refractivity (Wildman–Crippen MR) is 81.6 cm³/mol. The normalized spacial score (nSPS) is 26.9. The topological polar surface area (TPSA) is 28.4 Å². The Morgan fingerprint density at radius 2 is 2.15 bits per heavy atom. The second kappa shape index (κ2) is 6.31. The van der Waals surface area contributed by atoms with E-state index < -0.39 is 0 Å². The molecule has 2 heterocycles. The SMILES string of the molecule is CCNCc1cc(CN2CCCC3CCCC32)oc1C. The molecule has 0 bridgehead atoms. The number of nitrogens with one attached hydrogen (secondary N) is 1. The number of fused-ring (bicyclic) bond motifs is 1. The van der Waals surface area contributed by atoms with Crippen LogP contribution in [0.5, 0.6) is 0 Å². The zero-order chi connectivity index (χ0) is 13.9. The molecule has 3 nitrogen and oxygen atoms in total. The van der Waals surface area contributed by atoms with E-state index in [-0.39, 0.29) is 0 Å². The highest BCUT2D eigenvalue weighted by Gasteiger charge is 2.35. The van der Waals surface area contributed by atoms with E-state index in [2.05, 4.69) is 30.1 Å². The van der Waals surface area contributed by atoms with E-state index in [4.69, 9.17) is 4.42 Å². The van der Waals surface area contributed by atoms with Gasteiger partial charge in [0.05, 0.1) is 6.54 Å². The summed E-state index contributed by atoms with van der Waals surface area (Å²) >= 11 is 0. The number of piperidine rings is 1. The summed E-state index contributed by atoms with van der Waals surface area (Å²) in [6.45, 7) is 8.43. The molecule has 1 saturated heterocycles. The van der Waals surface area contributed by atoms with Gasteiger partial charge in [0.15, 0.2) is 0 Å². The lowest BCUT2D eigenvalue weighted by molar-refractivity contribution is 0.0976. The third-order valence-corrected chi connectivity index (χ3v) is 5.10. The largest absolute Gasteiger partial charge is 0.465 e. The molecule has 3 rings (SSSR count). The van der Waals surface area contributed by atoms with Gasteiger partial charge in [-0.15, -0.1) is 0 Å². The van der Waals surface area contributed by atoms with Gasteiger partial charge in [0, 0.05) is 18.2 Å². The second-order valence-electron chi connectivity index (χ2n) is 6.45. The van der Waals surface area contributed by atoms with Gasteiger partial charge < -0.3 is 9.73 Å². The quantitative estimate of drug-likeness (QED) is 0.892. The van der Waals surface area contributed by atoms with Gasteiger partial charge >= 0.3 is 0 Å². The zero-order valence-electron chi connectivity index (χ0n) is 13.0. The van der Waals surface area contributed by atoms with Crippen molar-refractivity contribution in [1.29, 1.82) is 0 Å². The first kappa shape index (κ1) is 14.2. The molecule has 1 aliphatic heterocycles.